The average Bonchev–Trinajstić information content (AvgIpc) is 2.28. The van der Waals surface area contributed by atoms with Crippen LogP contribution in [0.3, 0.4) is 0 Å². The van der Waals surface area contributed by atoms with Crippen molar-refractivity contribution in [3.63, 3.8) is 0 Å². The standard InChI is InChI=1S/C10H10ClFN2O4/c1-13(3-2-10(15)16)8-5-7(12)6(11)4-9(8)14(17)18/h4-5H,2-3H2,1H3,(H,15,16). The van der Waals surface area contributed by atoms with Crippen LogP contribution in [-0.4, -0.2) is 29.6 Å². The second kappa shape index (κ2) is 5.63. The first-order chi connectivity index (χ1) is 8.32. The molecule has 0 spiro atoms. The number of halogens is 2. The Kier molecular flexibility index (Phi) is 4.43. The zero-order valence-corrected chi connectivity index (χ0v) is 10.1. The Hall–Kier alpha value is -1.89. The molecule has 0 saturated carbocycles. The molecular weight excluding hydrogens is 267 g/mol. The molecule has 1 aromatic carbocycles. The van der Waals surface area contributed by atoms with Crippen molar-refractivity contribution in [2.75, 3.05) is 18.5 Å². The van der Waals surface area contributed by atoms with E-state index < -0.39 is 16.7 Å². The fourth-order valence-corrected chi connectivity index (χ4v) is 1.52. The number of carboxylic acid groups (broad SMARTS) is 1. The lowest BCUT2D eigenvalue weighted by Gasteiger charge is -2.18. The van der Waals surface area contributed by atoms with Crippen molar-refractivity contribution in [1.82, 2.24) is 0 Å². The number of hydrogen-bond donors (Lipinski definition) is 1. The molecule has 0 aliphatic rings. The Morgan fingerprint density at radius 1 is 1.61 bits per heavy atom. The molecule has 0 aromatic heterocycles. The van der Waals surface area contributed by atoms with Gasteiger partial charge in [0.15, 0.2) is 0 Å². The second-order valence-corrected chi connectivity index (χ2v) is 3.98. The number of aliphatic carboxylic acids is 1. The first kappa shape index (κ1) is 14.2. The third-order valence-corrected chi connectivity index (χ3v) is 2.58. The quantitative estimate of drug-likeness (QED) is 0.659. The van der Waals surface area contributed by atoms with Gasteiger partial charge >= 0.3 is 5.97 Å². The molecule has 8 heteroatoms. The minimum Gasteiger partial charge on any atom is -0.481 e. The summed E-state index contributed by atoms with van der Waals surface area (Å²) in [5.74, 6) is -1.83. The van der Waals surface area contributed by atoms with Crippen LogP contribution in [0.2, 0.25) is 5.02 Å². The van der Waals surface area contributed by atoms with Crippen LogP contribution in [-0.2, 0) is 4.79 Å². The lowest BCUT2D eigenvalue weighted by atomic mass is 10.2. The molecule has 6 nitrogen and oxygen atoms in total. The molecule has 0 aliphatic carbocycles. The average molecular weight is 277 g/mol. The van der Waals surface area contributed by atoms with Gasteiger partial charge < -0.3 is 10.0 Å². The van der Waals surface area contributed by atoms with Gasteiger partial charge in [0, 0.05) is 25.7 Å². The number of carboxylic acids is 1. The van der Waals surface area contributed by atoms with E-state index in [4.69, 9.17) is 16.7 Å². The number of nitro benzene ring substituents is 1. The second-order valence-electron chi connectivity index (χ2n) is 3.58. The molecule has 1 rings (SSSR count). The maximum absolute atomic E-state index is 13.3. The molecule has 0 atom stereocenters. The van der Waals surface area contributed by atoms with Gasteiger partial charge in [0.25, 0.3) is 5.69 Å². The fraction of sp³-hybridized carbons (Fsp3) is 0.300. The van der Waals surface area contributed by atoms with Crippen LogP contribution in [0.5, 0.6) is 0 Å². The maximum Gasteiger partial charge on any atom is 0.305 e. The van der Waals surface area contributed by atoms with Crippen LogP contribution < -0.4 is 4.90 Å². The first-order valence-electron chi connectivity index (χ1n) is 4.89. The Bertz CT molecular complexity index is 495. The van der Waals surface area contributed by atoms with Crippen LogP contribution in [0.25, 0.3) is 0 Å². The largest absolute Gasteiger partial charge is 0.481 e. The van der Waals surface area contributed by atoms with Gasteiger partial charge in [-0.3, -0.25) is 14.9 Å². The normalized spacial score (nSPS) is 10.2. The minimum absolute atomic E-state index is 0.0110. The summed E-state index contributed by atoms with van der Waals surface area (Å²) in [4.78, 5) is 21.8. The Morgan fingerprint density at radius 2 is 2.22 bits per heavy atom. The molecule has 1 aromatic rings. The molecule has 0 heterocycles. The predicted octanol–water partition coefficient (Wildman–Crippen LogP) is 2.30. The van der Waals surface area contributed by atoms with Crippen molar-refractivity contribution in [1.29, 1.82) is 0 Å². The lowest BCUT2D eigenvalue weighted by Crippen LogP contribution is -2.22. The van der Waals surface area contributed by atoms with Gasteiger partial charge in [-0.2, -0.15) is 0 Å². The van der Waals surface area contributed by atoms with Crippen molar-refractivity contribution in [2.24, 2.45) is 0 Å². The summed E-state index contributed by atoms with van der Waals surface area (Å²) in [5, 5.41) is 19.0. The molecule has 18 heavy (non-hydrogen) atoms. The summed E-state index contributed by atoms with van der Waals surface area (Å²) in [5.41, 5.74) is -0.377. The lowest BCUT2D eigenvalue weighted by molar-refractivity contribution is -0.384. The van der Waals surface area contributed by atoms with Crippen LogP contribution in [0.15, 0.2) is 12.1 Å². The molecule has 98 valence electrons. The number of benzene rings is 1. The van der Waals surface area contributed by atoms with Gasteiger partial charge in [-0.1, -0.05) is 11.6 Å². The molecule has 0 amide bonds. The van der Waals surface area contributed by atoms with Crippen molar-refractivity contribution >= 4 is 28.9 Å². The predicted molar refractivity (Wildman–Crippen MR) is 63.6 cm³/mol. The molecule has 1 N–H and O–H groups in total. The highest BCUT2D eigenvalue weighted by Crippen LogP contribution is 2.32. The summed E-state index contributed by atoms with van der Waals surface area (Å²) in [6.07, 6.45) is -0.210. The smallest absolute Gasteiger partial charge is 0.305 e. The minimum atomic E-state index is -1.04. The Morgan fingerprint density at radius 3 is 2.72 bits per heavy atom. The van der Waals surface area contributed by atoms with E-state index in [2.05, 4.69) is 0 Å². The number of anilines is 1. The van der Waals surface area contributed by atoms with Crippen LogP contribution in [0.1, 0.15) is 6.42 Å². The summed E-state index contributed by atoms with van der Waals surface area (Å²) < 4.78 is 13.3. The molecule has 0 bridgehead atoms. The van der Waals surface area contributed by atoms with E-state index in [-0.39, 0.29) is 29.4 Å². The Labute approximate surface area is 107 Å². The SMILES string of the molecule is CN(CCC(=O)O)c1cc(F)c(Cl)cc1[N+](=O)[O-]. The Balaban J connectivity index is 3.09. The number of rotatable bonds is 5. The summed E-state index contributed by atoms with van der Waals surface area (Å²) in [7, 11) is 1.44. The highest BCUT2D eigenvalue weighted by molar-refractivity contribution is 6.31. The van der Waals surface area contributed by atoms with Crippen molar-refractivity contribution < 1.29 is 19.2 Å². The molecule has 0 radical (unpaired) electrons. The zero-order valence-electron chi connectivity index (χ0n) is 9.39. The molecule has 0 fully saturated rings. The van der Waals surface area contributed by atoms with Gasteiger partial charge in [-0.25, -0.2) is 4.39 Å². The third-order valence-electron chi connectivity index (χ3n) is 2.29. The van der Waals surface area contributed by atoms with E-state index in [1.807, 2.05) is 0 Å². The number of hydrogen-bond acceptors (Lipinski definition) is 4. The molecule has 0 saturated heterocycles. The van der Waals surface area contributed by atoms with Crippen LogP contribution in [0.4, 0.5) is 15.8 Å². The molecule has 0 unspecified atom stereocenters. The van der Waals surface area contributed by atoms with Crippen molar-refractivity contribution in [3.05, 3.63) is 33.1 Å². The van der Waals surface area contributed by atoms with E-state index >= 15 is 0 Å². The van der Waals surface area contributed by atoms with Gasteiger partial charge in [-0.15, -0.1) is 0 Å². The van der Waals surface area contributed by atoms with Gasteiger partial charge in [0.1, 0.15) is 11.5 Å². The highest BCUT2D eigenvalue weighted by Gasteiger charge is 2.20. The van der Waals surface area contributed by atoms with E-state index in [1.165, 1.54) is 11.9 Å². The molecule has 0 aliphatic heterocycles. The highest BCUT2D eigenvalue weighted by atomic mass is 35.5. The monoisotopic (exact) mass is 276 g/mol. The topological polar surface area (TPSA) is 83.7 Å². The van der Waals surface area contributed by atoms with E-state index in [9.17, 15) is 19.3 Å². The summed E-state index contributed by atoms with van der Waals surface area (Å²) in [6.45, 7) is 0.0250. The van der Waals surface area contributed by atoms with Gasteiger partial charge in [0.05, 0.1) is 16.4 Å². The zero-order chi connectivity index (χ0) is 13.9. The van der Waals surface area contributed by atoms with Crippen molar-refractivity contribution in [2.45, 2.75) is 6.42 Å². The van der Waals surface area contributed by atoms with Gasteiger partial charge in [-0.05, 0) is 0 Å². The fourth-order valence-electron chi connectivity index (χ4n) is 1.36. The van der Waals surface area contributed by atoms with Crippen LogP contribution in [0, 0.1) is 15.9 Å². The summed E-state index contributed by atoms with van der Waals surface area (Å²) >= 11 is 5.47. The number of carbonyl (C=O) groups is 1. The third kappa shape index (κ3) is 3.30. The summed E-state index contributed by atoms with van der Waals surface area (Å²) in [6, 6.07) is 1.83. The maximum atomic E-state index is 13.3. The van der Waals surface area contributed by atoms with Gasteiger partial charge in [0.2, 0.25) is 0 Å². The van der Waals surface area contributed by atoms with Crippen molar-refractivity contribution in [3.8, 4) is 0 Å². The van der Waals surface area contributed by atoms with E-state index in [0.717, 1.165) is 12.1 Å². The molecular formula is C10H10ClFN2O4. The first-order valence-corrected chi connectivity index (χ1v) is 5.27. The van der Waals surface area contributed by atoms with E-state index in [1.54, 1.807) is 0 Å². The number of nitro groups is 1. The van der Waals surface area contributed by atoms with Crippen LogP contribution >= 0.6 is 11.6 Å². The number of nitrogens with zero attached hydrogens (tertiary/aromatic N) is 2. The van der Waals surface area contributed by atoms with E-state index in [0.29, 0.717) is 0 Å².